The average molecular weight is 433 g/mol. The number of aromatic nitrogens is 4. The van der Waals surface area contributed by atoms with Crippen LogP contribution in [-0.2, 0) is 10.0 Å². The third-order valence-electron chi connectivity index (χ3n) is 4.68. The summed E-state index contributed by atoms with van der Waals surface area (Å²) in [5, 5.41) is 7.56. The van der Waals surface area contributed by atoms with Crippen molar-refractivity contribution in [3.8, 4) is 11.1 Å². The van der Waals surface area contributed by atoms with Crippen LogP contribution in [0.4, 0.5) is 0 Å². The number of hydrogen-bond acceptors (Lipinski definition) is 5. The zero-order chi connectivity index (χ0) is 20.6. The molecule has 0 saturated heterocycles. The summed E-state index contributed by atoms with van der Waals surface area (Å²) in [7, 11) is -3.79. The molecular weight excluding hydrogens is 416 g/mol. The van der Waals surface area contributed by atoms with E-state index >= 15 is 0 Å². The smallest absolute Gasteiger partial charge is 0.269 e. The van der Waals surface area contributed by atoms with Crippen LogP contribution in [0, 0.1) is 0 Å². The normalized spacial score (nSPS) is 11.7. The van der Waals surface area contributed by atoms with Crippen molar-refractivity contribution < 1.29 is 8.42 Å². The molecule has 0 aliphatic heterocycles. The van der Waals surface area contributed by atoms with E-state index in [-0.39, 0.29) is 4.90 Å². The Kier molecular flexibility index (Phi) is 4.65. The van der Waals surface area contributed by atoms with Gasteiger partial charge in [0.05, 0.1) is 11.1 Å². The number of nitrogens with one attached hydrogen (secondary N) is 1. The topological polar surface area (TPSA) is 80.6 Å². The number of pyridine rings is 1. The van der Waals surface area contributed by atoms with E-state index in [0.717, 1.165) is 26.3 Å². The Bertz CT molecular complexity index is 1410. The Balaban J connectivity index is 1.70. The molecule has 1 N–H and O–H groups in total. The molecule has 0 spiro atoms. The molecule has 5 rings (SSSR count). The van der Waals surface area contributed by atoms with Crippen molar-refractivity contribution in [1.29, 1.82) is 0 Å². The maximum Gasteiger partial charge on any atom is 0.269 e. The number of rotatable bonds is 5. The van der Waals surface area contributed by atoms with Crippen molar-refractivity contribution in [3.63, 3.8) is 0 Å². The minimum absolute atomic E-state index is 0.213. The molecule has 30 heavy (non-hydrogen) atoms. The van der Waals surface area contributed by atoms with Crippen molar-refractivity contribution in [2.75, 3.05) is 0 Å². The quantitative estimate of drug-likeness (QED) is 0.431. The highest BCUT2D eigenvalue weighted by Crippen LogP contribution is 2.35. The fraction of sp³-hybridized carbons (Fsp3) is 0. The minimum Gasteiger partial charge on any atom is -0.285 e. The zero-order valence-corrected chi connectivity index (χ0v) is 17.3. The number of H-pyrrole nitrogens is 1. The monoisotopic (exact) mass is 432 g/mol. The van der Waals surface area contributed by atoms with Crippen LogP contribution in [0.2, 0.25) is 0 Å². The van der Waals surface area contributed by atoms with Gasteiger partial charge in [0.2, 0.25) is 0 Å². The predicted octanol–water partition coefficient (Wildman–Crippen LogP) is 4.81. The van der Waals surface area contributed by atoms with Gasteiger partial charge in [-0.1, -0.05) is 48.2 Å². The third kappa shape index (κ3) is 3.30. The fourth-order valence-corrected chi connectivity index (χ4v) is 5.45. The number of aromatic amines is 1. The number of nitrogens with zero attached hydrogens (tertiary/aromatic N) is 3. The number of hydrogen-bond donors (Lipinski definition) is 1. The Morgan fingerprint density at radius 1 is 0.900 bits per heavy atom. The predicted molar refractivity (Wildman–Crippen MR) is 117 cm³/mol. The lowest BCUT2D eigenvalue weighted by atomic mass is 10.1. The van der Waals surface area contributed by atoms with Gasteiger partial charge in [-0.3, -0.25) is 5.10 Å². The van der Waals surface area contributed by atoms with Crippen LogP contribution < -0.4 is 0 Å². The molecule has 3 aromatic heterocycles. The summed E-state index contributed by atoms with van der Waals surface area (Å²) in [6, 6.07) is 20.3. The standard InChI is InChI=1S/C22H16N4O2S2/c27-30(28,19-9-5-2-6-10-19)26-15-21(16-12-24-25-13-16)20-11-18(14-23-22(20)26)29-17-7-3-1-4-8-17/h1-15H,(H,24,25). The Morgan fingerprint density at radius 2 is 1.63 bits per heavy atom. The average Bonchev–Trinajstić information content (AvgIpc) is 3.43. The van der Waals surface area contributed by atoms with Crippen LogP contribution in [0.25, 0.3) is 22.2 Å². The summed E-state index contributed by atoms with van der Waals surface area (Å²) in [6.45, 7) is 0. The fourth-order valence-electron chi connectivity index (χ4n) is 3.26. The highest BCUT2D eigenvalue weighted by Gasteiger charge is 2.23. The van der Waals surface area contributed by atoms with Crippen molar-refractivity contribution in [1.82, 2.24) is 19.2 Å². The zero-order valence-electron chi connectivity index (χ0n) is 15.6. The van der Waals surface area contributed by atoms with Crippen LogP contribution in [0.3, 0.4) is 0 Å². The van der Waals surface area contributed by atoms with Crippen LogP contribution in [0.15, 0.2) is 106 Å². The summed E-state index contributed by atoms with van der Waals surface area (Å²) >= 11 is 1.58. The van der Waals surface area contributed by atoms with Crippen molar-refractivity contribution >= 4 is 32.8 Å². The summed E-state index contributed by atoms with van der Waals surface area (Å²) in [6.07, 6.45) is 6.73. The van der Waals surface area contributed by atoms with Crippen molar-refractivity contribution in [2.45, 2.75) is 14.7 Å². The van der Waals surface area contributed by atoms with Gasteiger partial charge in [-0.25, -0.2) is 17.4 Å². The summed E-state index contributed by atoms with van der Waals surface area (Å²) in [5.74, 6) is 0. The van der Waals surface area contributed by atoms with E-state index in [4.69, 9.17) is 0 Å². The Labute approximate surface area is 177 Å². The maximum atomic E-state index is 13.3. The molecule has 0 radical (unpaired) electrons. The van der Waals surface area contributed by atoms with Gasteiger partial charge in [0, 0.05) is 44.9 Å². The first-order valence-electron chi connectivity index (χ1n) is 9.17. The van der Waals surface area contributed by atoms with E-state index in [2.05, 4.69) is 15.2 Å². The molecule has 0 aliphatic carbocycles. The molecule has 0 unspecified atom stereocenters. The summed E-state index contributed by atoms with van der Waals surface area (Å²) in [5.41, 5.74) is 1.93. The largest absolute Gasteiger partial charge is 0.285 e. The molecule has 5 aromatic rings. The van der Waals surface area contributed by atoms with E-state index in [1.165, 1.54) is 3.97 Å². The van der Waals surface area contributed by atoms with Gasteiger partial charge in [0.15, 0.2) is 5.65 Å². The van der Waals surface area contributed by atoms with Gasteiger partial charge in [0.25, 0.3) is 10.0 Å². The maximum absolute atomic E-state index is 13.3. The molecule has 8 heteroatoms. The molecule has 2 aromatic carbocycles. The minimum atomic E-state index is -3.79. The Hall–Kier alpha value is -3.36. The Morgan fingerprint density at radius 3 is 2.33 bits per heavy atom. The van der Waals surface area contributed by atoms with Crippen LogP contribution >= 0.6 is 11.8 Å². The lowest BCUT2D eigenvalue weighted by molar-refractivity contribution is 0.589. The highest BCUT2D eigenvalue weighted by molar-refractivity contribution is 7.99. The van der Waals surface area contributed by atoms with Gasteiger partial charge < -0.3 is 0 Å². The van der Waals surface area contributed by atoms with Crippen molar-refractivity contribution in [2.24, 2.45) is 0 Å². The molecule has 0 bridgehead atoms. The van der Waals surface area contributed by atoms with E-state index in [1.807, 2.05) is 36.4 Å². The van der Waals surface area contributed by atoms with Crippen LogP contribution in [-0.4, -0.2) is 27.6 Å². The molecular formula is C22H16N4O2S2. The first-order valence-corrected chi connectivity index (χ1v) is 11.4. The first kappa shape index (κ1) is 18.7. The molecule has 148 valence electrons. The van der Waals surface area contributed by atoms with Crippen LogP contribution in [0.5, 0.6) is 0 Å². The van der Waals surface area contributed by atoms with E-state index < -0.39 is 10.0 Å². The summed E-state index contributed by atoms with van der Waals surface area (Å²) < 4.78 is 27.8. The van der Waals surface area contributed by atoms with Crippen LogP contribution in [0.1, 0.15) is 0 Å². The van der Waals surface area contributed by atoms with E-state index in [1.54, 1.807) is 66.9 Å². The first-order chi connectivity index (χ1) is 14.6. The molecule has 0 atom stereocenters. The second kappa shape index (κ2) is 7.47. The second-order valence-electron chi connectivity index (χ2n) is 6.60. The van der Waals surface area contributed by atoms with E-state index in [9.17, 15) is 8.42 Å². The summed E-state index contributed by atoms with van der Waals surface area (Å²) in [4.78, 5) is 6.75. The lowest BCUT2D eigenvalue weighted by Gasteiger charge is -2.07. The third-order valence-corrected chi connectivity index (χ3v) is 7.31. The van der Waals surface area contributed by atoms with Gasteiger partial charge in [-0.15, -0.1) is 0 Å². The van der Waals surface area contributed by atoms with Gasteiger partial charge in [-0.05, 0) is 30.3 Å². The molecule has 3 heterocycles. The van der Waals surface area contributed by atoms with Gasteiger partial charge in [0.1, 0.15) is 0 Å². The molecule has 0 aliphatic rings. The molecule has 0 saturated carbocycles. The molecule has 6 nitrogen and oxygen atoms in total. The van der Waals surface area contributed by atoms with Gasteiger partial charge in [-0.2, -0.15) is 5.10 Å². The van der Waals surface area contributed by atoms with Crippen molar-refractivity contribution in [3.05, 3.63) is 91.5 Å². The lowest BCUT2D eigenvalue weighted by Crippen LogP contribution is -2.12. The molecule has 0 fully saturated rings. The number of fused-ring (bicyclic) bond motifs is 1. The second-order valence-corrected chi connectivity index (χ2v) is 9.56. The molecule has 0 amide bonds. The number of benzene rings is 2. The SMILES string of the molecule is O=S(=O)(c1ccccc1)n1cc(-c2cn[nH]c2)c2cc(Sc3ccccc3)cnc21. The highest BCUT2D eigenvalue weighted by atomic mass is 32.2. The van der Waals surface area contributed by atoms with E-state index in [0.29, 0.717) is 5.65 Å². The van der Waals surface area contributed by atoms with Gasteiger partial charge >= 0.3 is 0 Å².